The summed E-state index contributed by atoms with van der Waals surface area (Å²) in [5.41, 5.74) is 2.01. The fraction of sp³-hybridized carbons (Fsp3) is 0.105. The summed E-state index contributed by atoms with van der Waals surface area (Å²) in [5, 5.41) is 15.5. The molecule has 1 N–H and O–H groups in total. The van der Waals surface area contributed by atoms with Crippen LogP contribution in [-0.2, 0) is 5.54 Å². The maximum atomic E-state index is 5.83. The summed E-state index contributed by atoms with van der Waals surface area (Å²) in [6, 6.07) is 17.9. The summed E-state index contributed by atoms with van der Waals surface area (Å²) >= 11 is 3.62. The van der Waals surface area contributed by atoms with Gasteiger partial charge >= 0.3 is 6.01 Å². The molecule has 4 rings (SSSR count). The smallest absolute Gasteiger partial charge is 0.316 e. The first-order valence-electron chi connectivity index (χ1n) is 7.99. The molecule has 1 unspecified atom stereocenters. The van der Waals surface area contributed by atoms with Gasteiger partial charge in [0.25, 0.3) is 0 Å². The third-order valence-electron chi connectivity index (χ3n) is 4.22. The minimum Gasteiger partial charge on any atom is -0.403 e. The van der Waals surface area contributed by atoms with Gasteiger partial charge in [-0.05, 0) is 30.7 Å². The van der Waals surface area contributed by atoms with Crippen molar-refractivity contribution in [1.82, 2.24) is 15.4 Å². The predicted molar refractivity (Wildman–Crippen MR) is 100 cm³/mol. The lowest BCUT2D eigenvalue weighted by Gasteiger charge is -2.30. The van der Waals surface area contributed by atoms with Crippen LogP contribution < -0.4 is 5.32 Å². The lowest BCUT2D eigenvalue weighted by atomic mass is 9.87. The van der Waals surface area contributed by atoms with E-state index < -0.39 is 5.54 Å². The third-order valence-corrected chi connectivity index (χ3v) is 4.92. The largest absolute Gasteiger partial charge is 0.403 e. The molecule has 7 heteroatoms. The van der Waals surface area contributed by atoms with E-state index in [2.05, 4.69) is 36.6 Å². The number of nitrogens with one attached hydrogen (secondary N) is 1. The van der Waals surface area contributed by atoms with Crippen molar-refractivity contribution in [2.75, 3.05) is 5.32 Å². The van der Waals surface area contributed by atoms with Gasteiger partial charge in [-0.1, -0.05) is 62.6 Å². The molecule has 130 valence electrons. The third kappa shape index (κ3) is 3.01. The molecule has 6 nitrogen and oxygen atoms in total. The Balaban J connectivity index is 1.73. The van der Waals surface area contributed by atoms with Crippen molar-refractivity contribution in [2.45, 2.75) is 12.5 Å². The number of hydrogen-bond acceptors (Lipinski definition) is 6. The number of rotatable bonds is 5. The van der Waals surface area contributed by atoms with Crippen LogP contribution in [0.25, 0.3) is 11.5 Å². The van der Waals surface area contributed by atoms with Crippen molar-refractivity contribution in [2.24, 2.45) is 0 Å². The Hall–Kier alpha value is -2.93. The number of nitrogens with zero attached hydrogens (tertiary/aromatic N) is 3. The molecule has 0 spiro atoms. The lowest BCUT2D eigenvalue weighted by Crippen LogP contribution is -2.33. The van der Waals surface area contributed by atoms with Gasteiger partial charge in [-0.25, -0.2) is 0 Å². The Morgan fingerprint density at radius 1 is 1.00 bits per heavy atom. The molecule has 0 amide bonds. The maximum Gasteiger partial charge on any atom is 0.316 e. The SMILES string of the molecule is CC(Nc1nnc(-c2ccccc2)o1)(c1cnoc1)c1ccccc1Br. The monoisotopic (exact) mass is 410 g/mol. The van der Waals surface area contributed by atoms with Crippen LogP contribution in [-0.4, -0.2) is 15.4 Å². The van der Waals surface area contributed by atoms with Crippen LogP contribution in [0.3, 0.4) is 0 Å². The molecule has 0 aliphatic heterocycles. The molecule has 0 aliphatic carbocycles. The number of anilines is 1. The maximum absolute atomic E-state index is 5.83. The van der Waals surface area contributed by atoms with Crippen molar-refractivity contribution < 1.29 is 8.94 Å². The summed E-state index contributed by atoms with van der Waals surface area (Å²) in [7, 11) is 0. The average Bonchev–Trinajstić information content (AvgIpc) is 3.35. The van der Waals surface area contributed by atoms with E-state index in [1.54, 1.807) is 12.5 Å². The number of benzene rings is 2. The average molecular weight is 411 g/mol. The van der Waals surface area contributed by atoms with E-state index in [0.717, 1.165) is 21.2 Å². The zero-order chi connectivity index (χ0) is 18.0. The summed E-state index contributed by atoms with van der Waals surface area (Å²) in [6.07, 6.45) is 3.27. The van der Waals surface area contributed by atoms with E-state index >= 15 is 0 Å². The van der Waals surface area contributed by atoms with E-state index in [1.807, 2.05) is 61.5 Å². The van der Waals surface area contributed by atoms with Crippen LogP contribution in [0.4, 0.5) is 6.01 Å². The van der Waals surface area contributed by atoms with E-state index in [-0.39, 0.29) is 0 Å². The van der Waals surface area contributed by atoms with Gasteiger partial charge in [0.2, 0.25) is 5.89 Å². The second-order valence-electron chi connectivity index (χ2n) is 5.92. The van der Waals surface area contributed by atoms with Gasteiger partial charge < -0.3 is 14.3 Å². The van der Waals surface area contributed by atoms with Crippen LogP contribution >= 0.6 is 15.9 Å². The van der Waals surface area contributed by atoms with Crippen molar-refractivity contribution in [3.05, 3.63) is 82.7 Å². The first kappa shape index (κ1) is 16.5. The van der Waals surface area contributed by atoms with Crippen molar-refractivity contribution in [1.29, 1.82) is 0 Å². The molecule has 0 bridgehead atoms. The highest BCUT2D eigenvalue weighted by Crippen LogP contribution is 2.37. The molecule has 0 aliphatic rings. The minimum atomic E-state index is -0.680. The van der Waals surface area contributed by atoms with Gasteiger partial charge in [-0.15, -0.1) is 5.10 Å². The molecule has 0 fully saturated rings. The van der Waals surface area contributed by atoms with Crippen molar-refractivity contribution in [3.8, 4) is 11.5 Å². The quantitative estimate of drug-likeness (QED) is 0.505. The zero-order valence-corrected chi connectivity index (χ0v) is 15.5. The lowest BCUT2D eigenvalue weighted by molar-refractivity contribution is 0.417. The van der Waals surface area contributed by atoms with Crippen molar-refractivity contribution in [3.63, 3.8) is 0 Å². The molecule has 0 saturated heterocycles. The van der Waals surface area contributed by atoms with Gasteiger partial charge in [0.15, 0.2) is 0 Å². The standard InChI is InChI=1S/C19H15BrN4O2/c1-19(14-11-21-25-12-14,15-9-5-6-10-16(15)20)22-18-24-23-17(26-18)13-7-3-2-4-8-13/h2-12H,1H3,(H,22,24). The molecular weight excluding hydrogens is 396 g/mol. The molecule has 4 aromatic rings. The van der Waals surface area contributed by atoms with E-state index in [0.29, 0.717) is 11.9 Å². The van der Waals surface area contributed by atoms with Crippen LogP contribution in [0, 0.1) is 0 Å². The molecule has 0 radical (unpaired) electrons. The summed E-state index contributed by atoms with van der Waals surface area (Å²) in [5.74, 6) is 0.452. The van der Waals surface area contributed by atoms with Crippen LogP contribution in [0.1, 0.15) is 18.1 Å². The fourth-order valence-electron chi connectivity index (χ4n) is 2.80. The second-order valence-corrected chi connectivity index (χ2v) is 6.78. The van der Waals surface area contributed by atoms with Gasteiger partial charge in [-0.3, -0.25) is 0 Å². The van der Waals surface area contributed by atoms with Gasteiger partial charge in [0, 0.05) is 15.6 Å². The summed E-state index contributed by atoms with van der Waals surface area (Å²) in [4.78, 5) is 0. The van der Waals surface area contributed by atoms with E-state index in [4.69, 9.17) is 8.94 Å². The number of hydrogen-bond donors (Lipinski definition) is 1. The zero-order valence-electron chi connectivity index (χ0n) is 13.9. The van der Waals surface area contributed by atoms with Crippen molar-refractivity contribution >= 4 is 21.9 Å². The first-order chi connectivity index (χ1) is 12.7. The summed E-state index contributed by atoms with van der Waals surface area (Å²) < 4.78 is 11.8. The molecule has 2 aromatic heterocycles. The Morgan fingerprint density at radius 3 is 2.50 bits per heavy atom. The van der Waals surface area contributed by atoms with Gasteiger partial charge in [-0.2, -0.15) is 0 Å². The first-order valence-corrected chi connectivity index (χ1v) is 8.78. The van der Waals surface area contributed by atoms with Crippen LogP contribution in [0.5, 0.6) is 0 Å². The Labute approximate surface area is 158 Å². The van der Waals surface area contributed by atoms with E-state index in [9.17, 15) is 0 Å². The summed E-state index contributed by atoms with van der Waals surface area (Å²) in [6.45, 7) is 2.01. The Morgan fingerprint density at radius 2 is 1.77 bits per heavy atom. The van der Waals surface area contributed by atoms with E-state index in [1.165, 1.54) is 0 Å². The Kier molecular flexibility index (Phi) is 4.30. The fourth-order valence-corrected chi connectivity index (χ4v) is 3.48. The van der Waals surface area contributed by atoms with Crippen LogP contribution in [0.15, 0.2) is 80.5 Å². The molecule has 0 saturated carbocycles. The Bertz CT molecular complexity index is 1000. The second kappa shape index (κ2) is 6.76. The minimum absolute atomic E-state index is 0.309. The molecule has 26 heavy (non-hydrogen) atoms. The molecular formula is C19H15BrN4O2. The predicted octanol–water partition coefficient (Wildman–Crippen LogP) is 4.86. The molecule has 1 atom stereocenters. The highest BCUT2D eigenvalue weighted by Gasteiger charge is 2.34. The highest BCUT2D eigenvalue weighted by molar-refractivity contribution is 9.10. The highest BCUT2D eigenvalue weighted by atomic mass is 79.9. The van der Waals surface area contributed by atoms with Crippen LogP contribution in [0.2, 0.25) is 0 Å². The molecule has 2 heterocycles. The topological polar surface area (TPSA) is 77.0 Å². The van der Waals surface area contributed by atoms with Gasteiger partial charge in [0.05, 0.1) is 11.7 Å². The normalized spacial score (nSPS) is 13.3. The van der Waals surface area contributed by atoms with Gasteiger partial charge in [0.1, 0.15) is 6.26 Å². The number of halogens is 1. The number of aromatic nitrogens is 3. The molecule has 2 aromatic carbocycles.